The summed E-state index contributed by atoms with van der Waals surface area (Å²) in [6.45, 7) is 3.96. The van der Waals surface area contributed by atoms with Gasteiger partial charge in [0.05, 0.1) is 13.4 Å². The molecule has 1 aromatic rings. The summed E-state index contributed by atoms with van der Waals surface area (Å²) in [5, 5.41) is 3.42. The maximum Gasteiger partial charge on any atom is 0.374 e. The molecule has 4 heteroatoms. The molecule has 1 saturated carbocycles. The molecule has 0 atom stereocenters. The van der Waals surface area contributed by atoms with Gasteiger partial charge in [0.2, 0.25) is 5.76 Å². The van der Waals surface area contributed by atoms with Gasteiger partial charge in [0.1, 0.15) is 0 Å². The fraction of sp³-hybridized carbons (Fsp3) is 0.643. The minimum atomic E-state index is -0.413. The second-order valence-corrected chi connectivity index (χ2v) is 5.39. The Labute approximate surface area is 108 Å². The molecule has 0 saturated heterocycles. The van der Waals surface area contributed by atoms with Crippen LogP contribution in [-0.2, 0) is 11.3 Å². The lowest BCUT2D eigenvalue weighted by Crippen LogP contribution is -2.29. The Morgan fingerprint density at radius 2 is 2.22 bits per heavy atom. The van der Waals surface area contributed by atoms with Crippen LogP contribution in [-0.4, -0.2) is 19.6 Å². The summed E-state index contributed by atoms with van der Waals surface area (Å²) in [5.74, 6) is -0.106. The summed E-state index contributed by atoms with van der Waals surface area (Å²) in [5.41, 5.74) is 1.28. The molecule has 1 aliphatic carbocycles. The number of furan rings is 1. The van der Waals surface area contributed by atoms with Crippen molar-refractivity contribution in [1.29, 1.82) is 0 Å². The third-order valence-electron chi connectivity index (χ3n) is 3.80. The van der Waals surface area contributed by atoms with Crippen molar-refractivity contribution in [2.45, 2.75) is 39.2 Å². The van der Waals surface area contributed by atoms with Crippen molar-refractivity contribution in [2.24, 2.45) is 5.41 Å². The predicted octanol–water partition coefficient (Wildman–Crippen LogP) is 2.74. The Hall–Kier alpha value is -1.29. The minimum absolute atomic E-state index is 0.307. The third kappa shape index (κ3) is 2.93. The Morgan fingerprint density at radius 3 is 2.89 bits per heavy atom. The highest BCUT2D eigenvalue weighted by molar-refractivity contribution is 5.87. The largest absolute Gasteiger partial charge is 0.463 e. The molecule has 18 heavy (non-hydrogen) atoms. The van der Waals surface area contributed by atoms with Gasteiger partial charge in [0.15, 0.2) is 0 Å². The lowest BCUT2D eigenvalue weighted by Gasteiger charge is -2.23. The van der Waals surface area contributed by atoms with E-state index < -0.39 is 5.97 Å². The molecule has 0 unspecified atom stereocenters. The molecular formula is C14H21NO3. The highest BCUT2D eigenvalue weighted by Gasteiger charge is 2.28. The van der Waals surface area contributed by atoms with Gasteiger partial charge in [0, 0.05) is 18.7 Å². The number of carbonyl (C=O) groups is 1. The van der Waals surface area contributed by atoms with Gasteiger partial charge >= 0.3 is 5.97 Å². The Balaban J connectivity index is 1.87. The zero-order chi connectivity index (χ0) is 13.0. The minimum Gasteiger partial charge on any atom is -0.463 e. The van der Waals surface area contributed by atoms with Crippen LogP contribution in [0.15, 0.2) is 16.7 Å². The van der Waals surface area contributed by atoms with Crippen molar-refractivity contribution in [3.63, 3.8) is 0 Å². The molecule has 1 fully saturated rings. The van der Waals surface area contributed by atoms with Crippen LogP contribution < -0.4 is 5.32 Å². The van der Waals surface area contributed by atoms with Crippen LogP contribution in [0, 0.1) is 5.41 Å². The SMILES string of the molecule is COC(=O)c1occc1CNCC1(C)CCCC1. The second kappa shape index (κ2) is 5.57. The van der Waals surface area contributed by atoms with Crippen LogP contribution in [0.4, 0.5) is 0 Å². The maximum absolute atomic E-state index is 11.4. The van der Waals surface area contributed by atoms with Crippen molar-refractivity contribution in [3.8, 4) is 0 Å². The van der Waals surface area contributed by atoms with Gasteiger partial charge in [-0.3, -0.25) is 0 Å². The zero-order valence-electron chi connectivity index (χ0n) is 11.1. The molecule has 0 aliphatic heterocycles. The molecule has 0 radical (unpaired) electrons. The number of esters is 1. The van der Waals surface area contributed by atoms with E-state index in [1.165, 1.54) is 39.1 Å². The first kappa shape index (κ1) is 13.1. The van der Waals surface area contributed by atoms with Gasteiger partial charge in [-0.25, -0.2) is 4.79 Å². The van der Waals surface area contributed by atoms with Crippen LogP contribution in [0.1, 0.15) is 48.7 Å². The van der Waals surface area contributed by atoms with E-state index in [4.69, 9.17) is 4.42 Å². The van der Waals surface area contributed by atoms with Crippen LogP contribution in [0.2, 0.25) is 0 Å². The summed E-state index contributed by atoms with van der Waals surface area (Å²) in [6.07, 6.45) is 6.76. The molecule has 1 N–H and O–H groups in total. The average molecular weight is 251 g/mol. The van der Waals surface area contributed by atoms with Crippen LogP contribution in [0.25, 0.3) is 0 Å². The Kier molecular flexibility index (Phi) is 4.07. The van der Waals surface area contributed by atoms with Crippen LogP contribution >= 0.6 is 0 Å². The zero-order valence-corrected chi connectivity index (χ0v) is 11.1. The lowest BCUT2D eigenvalue weighted by molar-refractivity contribution is 0.0563. The molecule has 1 aliphatic rings. The number of hydrogen-bond acceptors (Lipinski definition) is 4. The highest BCUT2D eigenvalue weighted by Crippen LogP contribution is 2.36. The highest BCUT2D eigenvalue weighted by atomic mass is 16.5. The van der Waals surface area contributed by atoms with Gasteiger partial charge in [-0.05, 0) is 24.3 Å². The first-order valence-electron chi connectivity index (χ1n) is 6.50. The quantitative estimate of drug-likeness (QED) is 0.817. The molecule has 2 rings (SSSR count). The summed E-state index contributed by atoms with van der Waals surface area (Å²) < 4.78 is 9.82. The molecule has 4 nitrogen and oxygen atoms in total. The number of ether oxygens (including phenoxy) is 1. The van der Waals surface area contributed by atoms with E-state index in [0.29, 0.717) is 17.7 Å². The lowest BCUT2D eigenvalue weighted by atomic mass is 9.89. The van der Waals surface area contributed by atoms with Gasteiger partial charge < -0.3 is 14.5 Å². The fourth-order valence-corrected chi connectivity index (χ4v) is 2.65. The summed E-state index contributed by atoms with van der Waals surface area (Å²) in [4.78, 5) is 11.4. The summed E-state index contributed by atoms with van der Waals surface area (Å²) in [6, 6.07) is 1.82. The van der Waals surface area contributed by atoms with E-state index in [2.05, 4.69) is 17.0 Å². The van der Waals surface area contributed by atoms with E-state index in [0.717, 1.165) is 12.1 Å². The van der Waals surface area contributed by atoms with Crippen molar-refractivity contribution in [2.75, 3.05) is 13.7 Å². The Morgan fingerprint density at radius 1 is 1.50 bits per heavy atom. The molecule has 0 aromatic carbocycles. The van der Waals surface area contributed by atoms with E-state index in [-0.39, 0.29) is 0 Å². The molecule has 0 bridgehead atoms. The molecule has 100 valence electrons. The smallest absolute Gasteiger partial charge is 0.374 e. The van der Waals surface area contributed by atoms with Gasteiger partial charge in [-0.15, -0.1) is 0 Å². The first-order valence-corrected chi connectivity index (χ1v) is 6.50. The predicted molar refractivity (Wildman–Crippen MR) is 68.3 cm³/mol. The van der Waals surface area contributed by atoms with Crippen LogP contribution in [0.5, 0.6) is 0 Å². The summed E-state index contributed by atoms with van der Waals surface area (Å²) >= 11 is 0. The summed E-state index contributed by atoms with van der Waals surface area (Å²) in [7, 11) is 1.36. The Bertz CT molecular complexity index is 405. The molecular weight excluding hydrogens is 230 g/mol. The van der Waals surface area contributed by atoms with E-state index >= 15 is 0 Å². The maximum atomic E-state index is 11.4. The fourth-order valence-electron chi connectivity index (χ4n) is 2.65. The van der Waals surface area contributed by atoms with E-state index in [1.54, 1.807) is 0 Å². The number of nitrogens with one attached hydrogen (secondary N) is 1. The second-order valence-electron chi connectivity index (χ2n) is 5.39. The van der Waals surface area contributed by atoms with Crippen molar-refractivity contribution in [1.82, 2.24) is 5.32 Å². The number of methoxy groups -OCH3 is 1. The van der Waals surface area contributed by atoms with Gasteiger partial charge in [0.25, 0.3) is 0 Å². The van der Waals surface area contributed by atoms with Gasteiger partial charge in [-0.2, -0.15) is 0 Å². The first-order chi connectivity index (χ1) is 8.64. The number of carbonyl (C=O) groups excluding carboxylic acids is 1. The van der Waals surface area contributed by atoms with E-state index in [9.17, 15) is 4.79 Å². The monoisotopic (exact) mass is 251 g/mol. The molecule has 1 aromatic heterocycles. The van der Waals surface area contributed by atoms with E-state index in [1.807, 2.05) is 6.07 Å². The average Bonchev–Trinajstić information content (AvgIpc) is 2.98. The normalized spacial score (nSPS) is 17.9. The number of rotatable bonds is 5. The van der Waals surface area contributed by atoms with Crippen molar-refractivity contribution >= 4 is 5.97 Å². The number of hydrogen-bond donors (Lipinski definition) is 1. The molecule has 1 heterocycles. The molecule has 0 spiro atoms. The standard InChI is InChI=1S/C14H21NO3/c1-14(6-3-4-7-14)10-15-9-11-5-8-18-12(11)13(16)17-2/h5,8,15H,3-4,6-7,9-10H2,1-2H3. The van der Waals surface area contributed by atoms with Gasteiger partial charge in [-0.1, -0.05) is 19.8 Å². The third-order valence-corrected chi connectivity index (χ3v) is 3.80. The topological polar surface area (TPSA) is 51.5 Å². The van der Waals surface area contributed by atoms with Crippen molar-refractivity contribution in [3.05, 3.63) is 23.7 Å². The molecule has 0 amide bonds. The van der Waals surface area contributed by atoms with Crippen LogP contribution in [0.3, 0.4) is 0 Å². The van der Waals surface area contributed by atoms with Crippen molar-refractivity contribution < 1.29 is 13.9 Å².